The third kappa shape index (κ3) is 3.20. The number of hydrogen-bond donors (Lipinski definition) is 0. The molecule has 0 N–H and O–H groups in total. The zero-order valence-electron chi connectivity index (χ0n) is 12.2. The van der Waals surface area contributed by atoms with Crippen molar-refractivity contribution in [1.29, 1.82) is 0 Å². The number of para-hydroxylation sites is 2. The highest BCUT2D eigenvalue weighted by Crippen LogP contribution is 2.14. The Morgan fingerprint density at radius 2 is 1.91 bits per heavy atom. The number of carbonyl (C=O) groups excluding carboxylic acids is 1. The summed E-state index contributed by atoms with van der Waals surface area (Å²) in [6.07, 6.45) is 1.72. The van der Waals surface area contributed by atoms with E-state index in [9.17, 15) is 4.79 Å². The average molecular weight is 358 g/mol. The van der Waals surface area contributed by atoms with E-state index in [0.717, 1.165) is 21.1 Å². The van der Waals surface area contributed by atoms with Crippen molar-refractivity contribution in [2.24, 2.45) is 0 Å². The maximum absolute atomic E-state index is 12.4. The molecule has 0 atom stereocenters. The van der Waals surface area contributed by atoms with Crippen LogP contribution in [0.4, 0.5) is 0 Å². The summed E-state index contributed by atoms with van der Waals surface area (Å²) in [5.74, 6) is 0.0612. The molecule has 0 saturated heterocycles. The van der Waals surface area contributed by atoms with Gasteiger partial charge in [-0.05, 0) is 29.8 Å². The number of imidazole rings is 1. The minimum atomic E-state index is 0.0612. The van der Waals surface area contributed by atoms with Crippen LogP contribution in [0.3, 0.4) is 0 Å². The van der Waals surface area contributed by atoms with Gasteiger partial charge in [0.15, 0.2) is 0 Å². The van der Waals surface area contributed by atoms with Crippen molar-refractivity contribution in [2.45, 2.75) is 13.1 Å². The van der Waals surface area contributed by atoms with Crippen LogP contribution in [0.2, 0.25) is 0 Å². The van der Waals surface area contributed by atoms with E-state index in [1.165, 1.54) is 0 Å². The molecule has 1 heterocycles. The monoisotopic (exact) mass is 357 g/mol. The van der Waals surface area contributed by atoms with E-state index in [0.29, 0.717) is 13.1 Å². The van der Waals surface area contributed by atoms with Crippen LogP contribution >= 0.6 is 15.9 Å². The lowest BCUT2D eigenvalue weighted by molar-refractivity contribution is -0.131. The number of nitrogens with zero attached hydrogens (tertiary/aromatic N) is 3. The van der Waals surface area contributed by atoms with Crippen LogP contribution in [0.5, 0.6) is 0 Å². The van der Waals surface area contributed by atoms with Gasteiger partial charge in [-0.1, -0.05) is 40.2 Å². The molecule has 5 heteroatoms. The Bertz CT molecular complexity index is 795. The second kappa shape index (κ2) is 6.32. The smallest absolute Gasteiger partial charge is 0.242 e. The standard InChI is InChI=1S/C17H16BrN3O/c1-20(10-13-6-8-14(18)9-7-13)17(22)11-21-12-19-15-4-2-3-5-16(15)21/h2-9,12H,10-11H2,1H3. The van der Waals surface area contributed by atoms with Crippen LogP contribution < -0.4 is 0 Å². The van der Waals surface area contributed by atoms with Crippen molar-refractivity contribution >= 4 is 32.9 Å². The Hall–Kier alpha value is -2.14. The second-order valence-electron chi connectivity index (χ2n) is 5.24. The lowest BCUT2D eigenvalue weighted by atomic mass is 10.2. The average Bonchev–Trinajstić information content (AvgIpc) is 2.93. The first kappa shape index (κ1) is 14.8. The molecule has 0 bridgehead atoms. The van der Waals surface area contributed by atoms with E-state index >= 15 is 0 Å². The molecule has 4 nitrogen and oxygen atoms in total. The van der Waals surface area contributed by atoms with Crippen molar-refractivity contribution < 1.29 is 4.79 Å². The van der Waals surface area contributed by atoms with E-state index in [2.05, 4.69) is 20.9 Å². The molecule has 3 aromatic rings. The van der Waals surface area contributed by atoms with Gasteiger partial charge in [0.25, 0.3) is 0 Å². The number of aromatic nitrogens is 2. The summed E-state index contributed by atoms with van der Waals surface area (Å²) in [5.41, 5.74) is 2.99. The van der Waals surface area contributed by atoms with Crippen LogP contribution in [0, 0.1) is 0 Å². The van der Waals surface area contributed by atoms with Gasteiger partial charge in [-0.15, -0.1) is 0 Å². The van der Waals surface area contributed by atoms with Gasteiger partial charge in [0.1, 0.15) is 6.54 Å². The number of likely N-dealkylation sites (N-methyl/N-ethyl adjacent to an activating group) is 1. The number of fused-ring (bicyclic) bond motifs is 1. The summed E-state index contributed by atoms with van der Waals surface area (Å²) in [6.45, 7) is 0.895. The summed E-state index contributed by atoms with van der Waals surface area (Å²) in [6, 6.07) is 15.8. The molecule has 0 radical (unpaired) electrons. The molecular weight excluding hydrogens is 342 g/mol. The van der Waals surface area contributed by atoms with Crippen LogP contribution in [-0.2, 0) is 17.9 Å². The molecule has 2 aromatic carbocycles. The molecule has 112 valence electrons. The highest BCUT2D eigenvalue weighted by Gasteiger charge is 2.12. The molecule has 0 aliphatic carbocycles. The molecular formula is C17H16BrN3O. The van der Waals surface area contributed by atoms with Crippen LogP contribution in [0.25, 0.3) is 11.0 Å². The van der Waals surface area contributed by atoms with Crippen molar-refractivity contribution in [3.63, 3.8) is 0 Å². The fourth-order valence-corrected chi connectivity index (χ4v) is 2.62. The molecule has 0 saturated carbocycles. The van der Waals surface area contributed by atoms with Crippen molar-refractivity contribution in [3.8, 4) is 0 Å². The summed E-state index contributed by atoms with van der Waals surface area (Å²) in [7, 11) is 1.82. The Kier molecular flexibility index (Phi) is 4.24. The maximum atomic E-state index is 12.4. The molecule has 0 spiro atoms. The van der Waals surface area contributed by atoms with E-state index in [4.69, 9.17) is 0 Å². The molecule has 0 aliphatic heterocycles. The Morgan fingerprint density at radius 3 is 2.68 bits per heavy atom. The lowest BCUT2D eigenvalue weighted by Crippen LogP contribution is -2.29. The van der Waals surface area contributed by atoms with Gasteiger partial charge in [-0.3, -0.25) is 4.79 Å². The number of rotatable bonds is 4. The maximum Gasteiger partial charge on any atom is 0.242 e. The van der Waals surface area contributed by atoms with E-state index in [-0.39, 0.29) is 5.91 Å². The van der Waals surface area contributed by atoms with E-state index in [1.54, 1.807) is 11.2 Å². The predicted octanol–water partition coefficient (Wildman–Crippen LogP) is 3.46. The van der Waals surface area contributed by atoms with Crippen LogP contribution in [-0.4, -0.2) is 27.4 Å². The summed E-state index contributed by atoms with van der Waals surface area (Å²) in [5, 5.41) is 0. The first-order valence-corrected chi connectivity index (χ1v) is 7.81. The highest BCUT2D eigenvalue weighted by molar-refractivity contribution is 9.10. The minimum Gasteiger partial charge on any atom is -0.340 e. The molecule has 1 aromatic heterocycles. The summed E-state index contributed by atoms with van der Waals surface area (Å²) < 4.78 is 2.92. The Labute approximate surface area is 137 Å². The molecule has 0 aliphatic rings. The van der Waals surface area contributed by atoms with Gasteiger partial charge in [0, 0.05) is 18.1 Å². The second-order valence-corrected chi connectivity index (χ2v) is 6.15. The number of carbonyl (C=O) groups is 1. The fourth-order valence-electron chi connectivity index (χ4n) is 2.35. The molecule has 3 rings (SSSR count). The zero-order valence-corrected chi connectivity index (χ0v) is 13.8. The number of hydrogen-bond acceptors (Lipinski definition) is 2. The van der Waals surface area contributed by atoms with Gasteiger partial charge >= 0.3 is 0 Å². The van der Waals surface area contributed by atoms with Crippen LogP contribution in [0.15, 0.2) is 59.3 Å². The van der Waals surface area contributed by atoms with E-state index < -0.39 is 0 Å². The summed E-state index contributed by atoms with van der Waals surface area (Å²) >= 11 is 3.41. The van der Waals surface area contributed by atoms with Gasteiger partial charge in [0.05, 0.1) is 17.4 Å². The quantitative estimate of drug-likeness (QED) is 0.717. The van der Waals surface area contributed by atoms with E-state index in [1.807, 2.05) is 60.1 Å². The first-order valence-electron chi connectivity index (χ1n) is 7.02. The third-order valence-corrected chi connectivity index (χ3v) is 4.12. The van der Waals surface area contributed by atoms with Crippen molar-refractivity contribution in [2.75, 3.05) is 7.05 Å². The molecule has 22 heavy (non-hydrogen) atoms. The number of halogens is 1. The Morgan fingerprint density at radius 1 is 1.18 bits per heavy atom. The minimum absolute atomic E-state index is 0.0612. The zero-order chi connectivity index (χ0) is 15.5. The third-order valence-electron chi connectivity index (χ3n) is 3.59. The molecule has 0 unspecified atom stereocenters. The van der Waals surface area contributed by atoms with Gasteiger partial charge < -0.3 is 9.47 Å². The lowest BCUT2D eigenvalue weighted by Gasteiger charge is -2.18. The topological polar surface area (TPSA) is 38.1 Å². The SMILES string of the molecule is CN(Cc1ccc(Br)cc1)C(=O)Cn1cnc2ccccc21. The predicted molar refractivity (Wildman–Crippen MR) is 90.3 cm³/mol. The van der Waals surface area contributed by atoms with Crippen molar-refractivity contribution in [1.82, 2.24) is 14.5 Å². The normalized spacial score (nSPS) is 10.8. The summed E-state index contributed by atoms with van der Waals surface area (Å²) in [4.78, 5) is 18.4. The molecule has 0 fully saturated rings. The largest absolute Gasteiger partial charge is 0.340 e. The van der Waals surface area contributed by atoms with Gasteiger partial charge in [0.2, 0.25) is 5.91 Å². The number of benzene rings is 2. The molecule has 1 amide bonds. The van der Waals surface area contributed by atoms with Gasteiger partial charge in [-0.2, -0.15) is 0 Å². The fraction of sp³-hybridized carbons (Fsp3) is 0.176. The van der Waals surface area contributed by atoms with Gasteiger partial charge in [-0.25, -0.2) is 4.98 Å². The van der Waals surface area contributed by atoms with Crippen molar-refractivity contribution in [3.05, 3.63) is 64.9 Å². The first-order chi connectivity index (χ1) is 10.6. The number of amides is 1. The Balaban J connectivity index is 1.69. The van der Waals surface area contributed by atoms with Crippen LogP contribution in [0.1, 0.15) is 5.56 Å². The highest BCUT2D eigenvalue weighted by atomic mass is 79.9.